The number of rotatable bonds is 1. The molecule has 0 atom stereocenters. The van der Waals surface area contributed by atoms with Gasteiger partial charge in [-0.3, -0.25) is 4.79 Å². The lowest BCUT2D eigenvalue weighted by Crippen LogP contribution is -2.66. The number of hydrogen-bond acceptors (Lipinski definition) is 4. The summed E-state index contributed by atoms with van der Waals surface area (Å²) in [6.07, 6.45) is 1.26. The smallest absolute Gasteiger partial charge is 0.257 e. The van der Waals surface area contributed by atoms with E-state index in [2.05, 4.69) is 27.7 Å². The summed E-state index contributed by atoms with van der Waals surface area (Å²) in [7, 11) is 3.51. The summed E-state index contributed by atoms with van der Waals surface area (Å²) in [5, 5.41) is 1.99. The van der Waals surface area contributed by atoms with Crippen molar-refractivity contribution >= 4 is 5.91 Å². The quantitative estimate of drug-likeness (QED) is 0.740. The second-order valence-corrected chi connectivity index (χ2v) is 7.86. The summed E-state index contributed by atoms with van der Waals surface area (Å²) < 4.78 is 6.26. The molecule has 0 bridgehead atoms. The first kappa shape index (κ1) is 15.7. The summed E-state index contributed by atoms with van der Waals surface area (Å²) in [5.74, 6) is 0.0828. The van der Waals surface area contributed by atoms with Crippen LogP contribution < -0.4 is 0 Å². The zero-order chi connectivity index (χ0) is 15.6. The van der Waals surface area contributed by atoms with Gasteiger partial charge >= 0.3 is 0 Å². The minimum absolute atomic E-state index is 0.0828. The molecule has 2 aliphatic rings. The zero-order valence-corrected chi connectivity index (χ0v) is 14.0. The van der Waals surface area contributed by atoms with Crippen molar-refractivity contribution in [2.75, 3.05) is 14.2 Å². The first-order valence-corrected chi connectivity index (χ1v) is 7.21. The van der Waals surface area contributed by atoms with E-state index in [1.807, 2.05) is 26.0 Å². The highest BCUT2D eigenvalue weighted by atomic mass is 16.7. The Kier molecular flexibility index (Phi) is 3.29. The molecule has 0 saturated carbocycles. The number of piperidine rings is 1. The highest BCUT2D eigenvalue weighted by Gasteiger charge is 2.63. The fraction of sp³-hybridized carbons (Fsp3) is 0.933. The summed E-state index contributed by atoms with van der Waals surface area (Å²) >= 11 is 0. The third-order valence-electron chi connectivity index (χ3n) is 4.67. The predicted octanol–water partition coefficient (Wildman–Crippen LogP) is 2.16. The maximum atomic E-state index is 12.8. The average Bonchev–Trinajstić information content (AvgIpc) is 2.36. The van der Waals surface area contributed by atoms with E-state index in [4.69, 9.17) is 9.57 Å². The number of likely N-dealkylation sites (N-methyl/N-ethyl adjacent to an activating group) is 1. The zero-order valence-electron chi connectivity index (χ0n) is 14.0. The first-order chi connectivity index (χ1) is 8.88. The van der Waals surface area contributed by atoms with Gasteiger partial charge in [-0.2, -0.15) is 5.06 Å². The fourth-order valence-electron chi connectivity index (χ4n) is 4.28. The number of carbonyl (C=O) groups is 1. The number of carbonyl (C=O) groups excluding carboxylic acids is 1. The molecule has 5 heteroatoms. The first-order valence-electron chi connectivity index (χ1n) is 7.21. The second kappa shape index (κ2) is 4.18. The SMILES string of the molecule is CON1C(C)(C)CC2(CC1(C)C)OC(C)(C)N(C)C2=O. The van der Waals surface area contributed by atoms with Crippen LogP contribution in [0.1, 0.15) is 54.4 Å². The highest BCUT2D eigenvalue weighted by molar-refractivity contribution is 5.88. The van der Waals surface area contributed by atoms with E-state index in [0.717, 1.165) is 0 Å². The molecule has 0 aromatic carbocycles. The van der Waals surface area contributed by atoms with Crippen molar-refractivity contribution in [2.24, 2.45) is 0 Å². The van der Waals surface area contributed by atoms with Crippen LogP contribution in [-0.2, 0) is 14.4 Å². The number of hydrogen-bond donors (Lipinski definition) is 0. The normalized spacial score (nSPS) is 31.0. The molecule has 2 fully saturated rings. The second-order valence-electron chi connectivity index (χ2n) is 7.86. The topological polar surface area (TPSA) is 42.0 Å². The van der Waals surface area contributed by atoms with Crippen LogP contribution >= 0.6 is 0 Å². The Morgan fingerprint density at radius 2 is 1.50 bits per heavy atom. The third-order valence-corrected chi connectivity index (χ3v) is 4.67. The van der Waals surface area contributed by atoms with Crippen LogP contribution in [0.4, 0.5) is 0 Å². The van der Waals surface area contributed by atoms with Crippen molar-refractivity contribution in [3.05, 3.63) is 0 Å². The molecule has 0 aromatic heterocycles. The van der Waals surface area contributed by atoms with Crippen molar-refractivity contribution in [2.45, 2.75) is 76.8 Å². The summed E-state index contributed by atoms with van der Waals surface area (Å²) in [4.78, 5) is 20.1. The third kappa shape index (κ3) is 2.07. The molecular weight excluding hydrogens is 256 g/mol. The highest BCUT2D eigenvalue weighted by Crippen LogP contribution is 2.50. The molecule has 0 unspecified atom stereocenters. The minimum atomic E-state index is -0.750. The van der Waals surface area contributed by atoms with Gasteiger partial charge in [0.15, 0.2) is 5.60 Å². The van der Waals surface area contributed by atoms with Gasteiger partial charge in [-0.15, -0.1) is 0 Å². The predicted molar refractivity (Wildman–Crippen MR) is 76.9 cm³/mol. The Morgan fingerprint density at radius 1 is 1.05 bits per heavy atom. The van der Waals surface area contributed by atoms with Crippen molar-refractivity contribution in [3.63, 3.8) is 0 Å². The van der Waals surface area contributed by atoms with E-state index in [1.54, 1.807) is 12.0 Å². The Bertz CT molecular complexity index is 411. The molecular formula is C15H28N2O3. The van der Waals surface area contributed by atoms with Crippen molar-refractivity contribution in [1.82, 2.24) is 9.96 Å². The summed E-state index contributed by atoms with van der Waals surface area (Å²) in [6, 6.07) is 0. The van der Waals surface area contributed by atoms with Crippen LogP contribution in [0.15, 0.2) is 0 Å². The van der Waals surface area contributed by atoms with Gasteiger partial charge in [0.1, 0.15) is 5.72 Å². The number of hydroxylamine groups is 2. The molecule has 1 spiro atoms. The summed E-state index contributed by atoms with van der Waals surface area (Å²) in [6.45, 7) is 12.3. The molecule has 5 nitrogen and oxygen atoms in total. The van der Waals surface area contributed by atoms with Crippen LogP contribution in [0.3, 0.4) is 0 Å². The van der Waals surface area contributed by atoms with Crippen LogP contribution in [-0.4, -0.2) is 52.4 Å². The van der Waals surface area contributed by atoms with Gasteiger partial charge in [0.05, 0.1) is 7.11 Å². The lowest BCUT2D eigenvalue weighted by atomic mass is 9.72. The molecule has 2 saturated heterocycles. The molecule has 0 aliphatic carbocycles. The van der Waals surface area contributed by atoms with Crippen molar-refractivity contribution < 1.29 is 14.4 Å². The molecule has 20 heavy (non-hydrogen) atoms. The minimum Gasteiger partial charge on any atom is -0.340 e. The van der Waals surface area contributed by atoms with Crippen LogP contribution in [0.25, 0.3) is 0 Å². The molecule has 1 amide bonds. The van der Waals surface area contributed by atoms with Crippen LogP contribution in [0.5, 0.6) is 0 Å². The fourth-order valence-corrected chi connectivity index (χ4v) is 4.28. The molecule has 0 radical (unpaired) electrons. The van der Waals surface area contributed by atoms with Crippen LogP contribution in [0, 0.1) is 0 Å². The van der Waals surface area contributed by atoms with E-state index >= 15 is 0 Å². The maximum Gasteiger partial charge on any atom is 0.257 e. The standard InChI is InChI=1S/C15H28N2O3/c1-12(2)9-15(10-13(3,4)17(12)19-8)11(18)16(7)14(5,6)20-15/h9-10H2,1-8H3. The van der Waals surface area contributed by atoms with E-state index in [9.17, 15) is 4.79 Å². The van der Waals surface area contributed by atoms with E-state index in [1.165, 1.54) is 0 Å². The molecule has 0 aromatic rings. The maximum absolute atomic E-state index is 12.8. The lowest BCUT2D eigenvalue weighted by molar-refractivity contribution is -0.295. The van der Waals surface area contributed by atoms with Crippen molar-refractivity contribution in [3.8, 4) is 0 Å². The molecule has 0 N–H and O–H groups in total. The molecule has 116 valence electrons. The van der Waals surface area contributed by atoms with E-state index in [0.29, 0.717) is 12.8 Å². The van der Waals surface area contributed by atoms with Gasteiger partial charge in [-0.05, 0) is 41.5 Å². The van der Waals surface area contributed by atoms with Gasteiger partial charge in [-0.1, -0.05) is 0 Å². The number of nitrogens with zero attached hydrogens (tertiary/aromatic N) is 2. The summed E-state index contributed by atoms with van der Waals surface area (Å²) in [5.41, 5.74) is -1.85. The average molecular weight is 284 g/mol. The molecule has 2 rings (SSSR count). The molecule has 2 heterocycles. The number of ether oxygens (including phenoxy) is 1. The van der Waals surface area contributed by atoms with Gasteiger partial charge in [0.2, 0.25) is 0 Å². The van der Waals surface area contributed by atoms with Gasteiger partial charge < -0.3 is 14.5 Å². The van der Waals surface area contributed by atoms with Crippen LogP contribution in [0.2, 0.25) is 0 Å². The Morgan fingerprint density at radius 3 is 1.80 bits per heavy atom. The van der Waals surface area contributed by atoms with Crippen molar-refractivity contribution in [1.29, 1.82) is 0 Å². The Labute approximate surface area is 122 Å². The largest absolute Gasteiger partial charge is 0.340 e. The Hall–Kier alpha value is -0.650. The van der Waals surface area contributed by atoms with E-state index < -0.39 is 11.3 Å². The lowest BCUT2D eigenvalue weighted by Gasteiger charge is -2.55. The molecule has 2 aliphatic heterocycles. The van der Waals surface area contributed by atoms with Gasteiger partial charge in [-0.25, -0.2) is 0 Å². The Balaban J connectivity index is 2.44. The number of amides is 1. The van der Waals surface area contributed by atoms with E-state index in [-0.39, 0.29) is 17.0 Å². The van der Waals surface area contributed by atoms with Gasteiger partial charge in [0.25, 0.3) is 5.91 Å². The monoisotopic (exact) mass is 284 g/mol. The van der Waals surface area contributed by atoms with Gasteiger partial charge in [0, 0.05) is 31.0 Å².